The van der Waals surface area contributed by atoms with E-state index in [1.54, 1.807) is 6.92 Å². The molecule has 3 heterocycles. The van der Waals surface area contributed by atoms with Gasteiger partial charge in [-0.25, -0.2) is 4.79 Å². The van der Waals surface area contributed by atoms with E-state index in [4.69, 9.17) is 9.15 Å². The Morgan fingerprint density at radius 1 is 1.10 bits per heavy atom. The van der Waals surface area contributed by atoms with Crippen molar-refractivity contribution in [2.24, 2.45) is 5.41 Å². The molecule has 1 unspecified atom stereocenters. The molecule has 0 radical (unpaired) electrons. The highest BCUT2D eigenvalue weighted by Crippen LogP contribution is 2.39. The largest absolute Gasteiger partial charge is 0.480 e. The summed E-state index contributed by atoms with van der Waals surface area (Å²) < 4.78 is 11.7. The van der Waals surface area contributed by atoms with Crippen LogP contribution in [0.1, 0.15) is 49.3 Å². The smallest absolute Gasteiger partial charge is 0.339 e. The molecule has 1 N–H and O–H groups in total. The fourth-order valence-electron chi connectivity index (χ4n) is 4.94. The van der Waals surface area contributed by atoms with Crippen LogP contribution in [-0.2, 0) is 4.79 Å². The number of nitrogens with one attached hydrogen (secondary N) is 1. The van der Waals surface area contributed by atoms with Crippen molar-refractivity contribution in [1.82, 2.24) is 10.2 Å². The predicted molar refractivity (Wildman–Crippen MR) is 124 cm³/mol. The lowest BCUT2D eigenvalue weighted by Crippen LogP contribution is -2.50. The molecular formula is C24H33ClN2O4. The molecule has 170 valence electrons. The molecule has 0 bridgehead atoms. The van der Waals surface area contributed by atoms with Crippen molar-refractivity contribution in [1.29, 1.82) is 0 Å². The minimum Gasteiger partial charge on any atom is -0.480 e. The van der Waals surface area contributed by atoms with Crippen molar-refractivity contribution >= 4 is 29.3 Å². The first kappa shape index (κ1) is 23.6. The fourth-order valence-corrected chi connectivity index (χ4v) is 4.94. The van der Waals surface area contributed by atoms with Gasteiger partial charge in [0.05, 0.1) is 5.39 Å². The second-order valence-corrected chi connectivity index (χ2v) is 9.11. The Balaban J connectivity index is 0.00000272. The number of amides is 1. The van der Waals surface area contributed by atoms with E-state index in [1.165, 1.54) is 12.8 Å². The standard InChI is InChI=1S/C24H32N2O4.ClH/c1-15-13-19(21-16(2)17(3)23(28)30-20(21)14-15)29-18(4)22(27)26-11-7-24(8-12-26)5-9-25-10-6-24;/h13-14,18,25H,5-12H2,1-4H3;1H. The summed E-state index contributed by atoms with van der Waals surface area (Å²) in [4.78, 5) is 27.1. The van der Waals surface area contributed by atoms with E-state index in [-0.39, 0.29) is 23.9 Å². The molecule has 0 aliphatic carbocycles. The first-order chi connectivity index (χ1) is 14.3. The van der Waals surface area contributed by atoms with Gasteiger partial charge in [0.1, 0.15) is 11.3 Å². The Morgan fingerprint density at radius 3 is 2.39 bits per heavy atom. The van der Waals surface area contributed by atoms with Crippen LogP contribution in [0.15, 0.2) is 21.3 Å². The van der Waals surface area contributed by atoms with Crippen molar-refractivity contribution in [2.45, 2.75) is 59.5 Å². The van der Waals surface area contributed by atoms with Crippen LogP contribution in [0.3, 0.4) is 0 Å². The van der Waals surface area contributed by atoms with Crippen LogP contribution in [0.5, 0.6) is 5.75 Å². The molecule has 2 aliphatic heterocycles. The summed E-state index contributed by atoms with van der Waals surface area (Å²) >= 11 is 0. The minimum atomic E-state index is -0.594. The zero-order valence-corrected chi connectivity index (χ0v) is 19.7. The van der Waals surface area contributed by atoms with Gasteiger partial charge in [0.2, 0.25) is 0 Å². The molecule has 1 aromatic heterocycles. The Morgan fingerprint density at radius 2 is 1.74 bits per heavy atom. The summed E-state index contributed by atoms with van der Waals surface area (Å²) in [5.41, 5.74) is 2.91. The van der Waals surface area contributed by atoms with Crippen LogP contribution < -0.4 is 15.7 Å². The van der Waals surface area contributed by atoms with E-state index in [0.29, 0.717) is 22.3 Å². The number of nitrogens with zero attached hydrogens (tertiary/aromatic N) is 1. The van der Waals surface area contributed by atoms with Gasteiger partial charge in [-0.1, -0.05) is 0 Å². The highest BCUT2D eigenvalue weighted by molar-refractivity contribution is 5.89. The Hall–Kier alpha value is -2.05. The number of piperidine rings is 2. The number of likely N-dealkylation sites (tertiary alicyclic amines) is 1. The van der Waals surface area contributed by atoms with Crippen LogP contribution in [0.4, 0.5) is 0 Å². The van der Waals surface area contributed by atoms with Crippen LogP contribution in [0.2, 0.25) is 0 Å². The summed E-state index contributed by atoms with van der Waals surface area (Å²) in [6, 6.07) is 3.75. The molecule has 1 atom stereocenters. The highest BCUT2D eigenvalue weighted by atomic mass is 35.5. The Labute approximate surface area is 189 Å². The molecule has 2 aromatic rings. The first-order valence-electron chi connectivity index (χ1n) is 11.0. The average molecular weight is 449 g/mol. The van der Waals surface area contributed by atoms with Crippen LogP contribution in [-0.4, -0.2) is 43.1 Å². The number of rotatable bonds is 3. The van der Waals surface area contributed by atoms with Gasteiger partial charge in [0, 0.05) is 18.7 Å². The van der Waals surface area contributed by atoms with E-state index >= 15 is 0 Å². The van der Waals surface area contributed by atoms with Crippen molar-refractivity contribution < 1.29 is 13.9 Å². The Bertz CT molecular complexity index is 1020. The second kappa shape index (κ2) is 9.21. The zero-order chi connectivity index (χ0) is 21.5. The normalized spacial score (nSPS) is 19.2. The molecule has 1 spiro atoms. The molecule has 2 saturated heterocycles. The summed E-state index contributed by atoms with van der Waals surface area (Å²) in [6.07, 6.45) is 3.97. The first-order valence-corrected chi connectivity index (χ1v) is 11.0. The Kier molecular flexibility index (Phi) is 7.01. The van der Waals surface area contributed by atoms with Gasteiger partial charge in [-0.05, 0) is 95.1 Å². The molecule has 4 rings (SSSR count). The van der Waals surface area contributed by atoms with Gasteiger partial charge >= 0.3 is 5.63 Å². The number of hydrogen-bond acceptors (Lipinski definition) is 5. The molecule has 2 fully saturated rings. The number of fused-ring (bicyclic) bond motifs is 1. The SMILES string of the molecule is Cc1cc(OC(C)C(=O)N2CCC3(CCNCC3)CC2)c2c(C)c(C)c(=O)oc2c1.Cl. The summed E-state index contributed by atoms with van der Waals surface area (Å²) in [5.74, 6) is 0.627. The van der Waals surface area contributed by atoms with E-state index in [0.717, 1.165) is 55.5 Å². The summed E-state index contributed by atoms with van der Waals surface area (Å²) in [5, 5.41) is 4.21. The summed E-state index contributed by atoms with van der Waals surface area (Å²) in [7, 11) is 0. The maximum absolute atomic E-state index is 13.1. The maximum atomic E-state index is 13.1. The lowest BCUT2D eigenvalue weighted by atomic mass is 9.71. The molecule has 2 aliphatic rings. The van der Waals surface area contributed by atoms with E-state index < -0.39 is 6.10 Å². The number of hydrogen-bond donors (Lipinski definition) is 1. The third kappa shape index (κ3) is 4.60. The number of carbonyl (C=O) groups is 1. The van der Waals surface area contributed by atoms with Crippen LogP contribution in [0.25, 0.3) is 11.0 Å². The average Bonchev–Trinajstić information content (AvgIpc) is 2.72. The lowest BCUT2D eigenvalue weighted by molar-refractivity contribution is -0.140. The van der Waals surface area contributed by atoms with Crippen molar-refractivity contribution in [2.75, 3.05) is 26.2 Å². The zero-order valence-electron chi connectivity index (χ0n) is 18.9. The molecule has 1 amide bonds. The van der Waals surface area contributed by atoms with E-state index in [1.807, 2.05) is 37.8 Å². The molecule has 31 heavy (non-hydrogen) atoms. The number of aryl methyl sites for hydroxylation is 2. The predicted octanol–water partition coefficient (Wildman–Crippen LogP) is 3.90. The maximum Gasteiger partial charge on any atom is 0.339 e. The van der Waals surface area contributed by atoms with Crippen LogP contribution in [0, 0.1) is 26.2 Å². The quantitative estimate of drug-likeness (QED) is 0.721. The molecule has 1 aromatic carbocycles. The third-order valence-electron chi connectivity index (χ3n) is 7.11. The molecule has 6 nitrogen and oxygen atoms in total. The topological polar surface area (TPSA) is 71.8 Å². The van der Waals surface area contributed by atoms with Gasteiger partial charge in [0.25, 0.3) is 5.91 Å². The second-order valence-electron chi connectivity index (χ2n) is 9.11. The fraction of sp³-hybridized carbons (Fsp3) is 0.583. The van der Waals surface area contributed by atoms with Gasteiger partial charge in [0.15, 0.2) is 6.10 Å². The molecular weight excluding hydrogens is 416 g/mol. The van der Waals surface area contributed by atoms with Gasteiger partial charge in [-0.2, -0.15) is 0 Å². The van der Waals surface area contributed by atoms with Gasteiger partial charge in [-0.3, -0.25) is 4.79 Å². The number of benzene rings is 1. The molecule has 7 heteroatoms. The van der Waals surface area contributed by atoms with E-state index in [9.17, 15) is 9.59 Å². The van der Waals surface area contributed by atoms with Gasteiger partial charge in [-0.15, -0.1) is 12.4 Å². The van der Waals surface area contributed by atoms with Crippen molar-refractivity contribution in [3.8, 4) is 5.75 Å². The monoisotopic (exact) mass is 448 g/mol. The highest BCUT2D eigenvalue weighted by Gasteiger charge is 2.37. The van der Waals surface area contributed by atoms with Crippen LogP contribution >= 0.6 is 12.4 Å². The van der Waals surface area contributed by atoms with Crippen molar-refractivity contribution in [3.05, 3.63) is 39.2 Å². The van der Waals surface area contributed by atoms with Gasteiger partial charge < -0.3 is 19.4 Å². The lowest BCUT2D eigenvalue weighted by Gasteiger charge is -2.44. The van der Waals surface area contributed by atoms with Crippen molar-refractivity contribution in [3.63, 3.8) is 0 Å². The van der Waals surface area contributed by atoms with E-state index in [2.05, 4.69) is 5.32 Å². The minimum absolute atomic E-state index is 0. The number of carbonyl (C=O) groups excluding carboxylic acids is 1. The summed E-state index contributed by atoms with van der Waals surface area (Å²) in [6.45, 7) is 11.2. The number of ether oxygens (including phenoxy) is 1. The number of halogens is 1. The third-order valence-corrected chi connectivity index (χ3v) is 7.11. The molecule has 0 saturated carbocycles.